The minimum absolute atomic E-state index is 0.0879. The van der Waals surface area contributed by atoms with E-state index in [4.69, 9.17) is 4.74 Å². The van der Waals surface area contributed by atoms with Crippen molar-refractivity contribution >= 4 is 22.4 Å². The van der Waals surface area contributed by atoms with E-state index in [2.05, 4.69) is 20.6 Å². The Bertz CT molecular complexity index is 892. The normalized spacial score (nSPS) is 11.4. The van der Waals surface area contributed by atoms with Crippen molar-refractivity contribution in [3.63, 3.8) is 0 Å². The molecule has 1 amide bonds. The van der Waals surface area contributed by atoms with Crippen molar-refractivity contribution in [2.24, 2.45) is 0 Å². The molecule has 11 heteroatoms. The lowest BCUT2D eigenvalue weighted by Crippen LogP contribution is -2.14. The Balaban J connectivity index is 1.85. The van der Waals surface area contributed by atoms with E-state index in [-0.39, 0.29) is 27.9 Å². The molecule has 0 bridgehead atoms. The van der Waals surface area contributed by atoms with Gasteiger partial charge in [0.1, 0.15) is 0 Å². The van der Waals surface area contributed by atoms with E-state index in [1.54, 1.807) is 24.3 Å². The van der Waals surface area contributed by atoms with Gasteiger partial charge in [-0.25, -0.2) is 4.68 Å². The van der Waals surface area contributed by atoms with Gasteiger partial charge in [-0.1, -0.05) is 29.5 Å². The summed E-state index contributed by atoms with van der Waals surface area (Å²) in [6.07, 6.45) is -3.13. The fourth-order valence-electron chi connectivity index (χ4n) is 1.92. The summed E-state index contributed by atoms with van der Waals surface area (Å²) in [6.45, 7) is 0. The predicted octanol–water partition coefficient (Wildman–Crippen LogP) is 3.00. The standard InChI is InChI=1S/C14H10F3N5O2S/c1-24-9-7-22(8-5-3-2-4-6-8)21-10(9)11(23)18-13-20-19-12(25-13)14(15,16)17/h2-7H,1H3,(H,18,20,23). The molecule has 25 heavy (non-hydrogen) atoms. The summed E-state index contributed by atoms with van der Waals surface area (Å²) in [7, 11) is 1.36. The number of carbonyl (C=O) groups is 1. The van der Waals surface area contributed by atoms with E-state index in [9.17, 15) is 18.0 Å². The lowest BCUT2D eigenvalue weighted by molar-refractivity contribution is -0.138. The van der Waals surface area contributed by atoms with Crippen LogP contribution in [0.2, 0.25) is 0 Å². The first-order valence-corrected chi connectivity index (χ1v) is 7.61. The molecule has 7 nitrogen and oxygen atoms in total. The monoisotopic (exact) mass is 369 g/mol. The van der Waals surface area contributed by atoms with Crippen molar-refractivity contribution in [2.45, 2.75) is 6.18 Å². The molecule has 0 aliphatic heterocycles. The molecule has 3 aromatic rings. The highest BCUT2D eigenvalue weighted by molar-refractivity contribution is 7.15. The molecule has 0 radical (unpaired) electrons. The van der Waals surface area contributed by atoms with Crippen LogP contribution in [0.25, 0.3) is 5.69 Å². The molecule has 1 aromatic carbocycles. The summed E-state index contributed by atoms with van der Waals surface area (Å²) in [5.74, 6) is -0.585. The smallest absolute Gasteiger partial charge is 0.445 e. The second-order valence-electron chi connectivity index (χ2n) is 4.69. The largest absolute Gasteiger partial charge is 0.493 e. The van der Waals surface area contributed by atoms with Crippen molar-refractivity contribution in [2.75, 3.05) is 12.4 Å². The number of para-hydroxylation sites is 1. The van der Waals surface area contributed by atoms with Crippen molar-refractivity contribution in [3.05, 3.63) is 47.2 Å². The number of ether oxygens (including phenoxy) is 1. The molecule has 0 fully saturated rings. The van der Waals surface area contributed by atoms with Crippen LogP contribution >= 0.6 is 11.3 Å². The molecule has 130 valence electrons. The number of halogens is 3. The van der Waals surface area contributed by atoms with Crippen LogP contribution in [0.4, 0.5) is 18.3 Å². The number of alkyl halides is 3. The van der Waals surface area contributed by atoms with Gasteiger partial charge in [-0.05, 0) is 12.1 Å². The maximum Gasteiger partial charge on any atom is 0.445 e. The summed E-state index contributed by atoms with van der Waals surface area (Å²) in [4.78, 5) is 12.3. The van der Waals surface area contributed by atoms with Gasteiger partial charge in [0.05, 0.1) is 19.0 Å². The number of rotatable bonds is 4. The molecule has 0 spiro atoms. The number of methoxy groups -OCH3 is 1. The van der Waals surface area contributed by atoms with Crippen LogP contribution in [0.3, 0.4) is 0 Å². The maximum atomic E-state index is 12.5. The van der Waals surface area contributed by atoms with Crippen LogP contribution in [-0.2, 0) is 6.18 Å². The van der Waals surface area contributed by atoms with Gasteiger partial charge < -0.3 is 4.74 Å². The summed E-state index contributed by atoms with van der Waals surface area (Å²) in [5, 5.41) is 11.2. The van der Waals surface area contributed by atoms with Crippen LogP contribution in [0.1, 0.15) is 15.5 Å². The van der Waals surface area contributed by atoms with Gasteiger partial charge in [-0.3, -0.25) is 10.1 Å². The number of benzene rings is 1. The fourth-order valence-corrected chi connectivity index (χ4v) is 2.53. The average Bonchev–Trinajstić information content (AvgIpc) is 3.22. The minimum atomic E-state index is -4.62. The number of carbonyl (C=O) groups excluding carboxylic acids is 1. The minimum Gasteiger partial charge on any atom is -0.493 e. The van der Waals surface area contributed by atoms with Gasteiger partial charge in [0.2, 0.25) is 10.1 Å². The van der Waals surface area contributed by atoms with Crippen LogP contribution in [0.15, 0.2) is 36.5 Å². The zero-order valence-corrected chi connectivity index (χ0v) is 13.4. The number of anilines is 1. The van der Waals surface area contributed by atoms with Crippen molar-refractivity contribution in [1.29, 1.82) is 0 Å². The highest BCUT2D eigenvalue weighted by Gasteiger charge is 2.36. The number of hydrogen-bond donors (Lipinski definition) is 1. The lowest BCUT2D eigenvalue weighted by atomic mass is 10.3. The Hall–Kier alpha value is -2.95. The number of amides is 1. The zero-order valence-electron chi connectivity index (χ0n) is 12.6. The Morgan fingerprint density at radius 1 is 1.24 bits per heavy atom. The third-order valence-electron chi connectivity index (χ3n) is 3.02. The molecule has 0 atom stereocenters. The van der Waals surface area contributed by atoms with E-state index in [1.807, 2.05) is 6.07 Å². The molecule has 2 aromatic heterocycles. The first-order chi connectivity index (χ1) is 11.9. The highest BCUT2D eigenvalue weighted by atomic mass is 32.1. The summed E-state index contributed by atoms with van der Waals surface area (Å²) in [5.41, 5.74) is 0.602. The highest BCUT2D eigenvalue weighted by Crippen LogP contribution is 2.33. The molecule has 3 rings (SSSR count). The molecule has 0 saturated heterocycles. The third kappa shape index (κ3) is 3.60. The van der Waals surface area contributed by atoms with Gasteiger partial charge in [-0.15, -0.1) is 10.2 Å². The number of aromatic nitrogens is 4. The second-order valence-corrected chi connectivity index (χ2v) is 5.67. The first kappa shape index (κ1) is 16.9. The topological polar surface area (TPSA) is 81.9 Å². The number of nitrogens with one attached hydrogen (secondary N) is 1. The number of nitrogens with zero attached hydrogens (tertiary/aromatic N) is 4. The fraction of sp³-hybridized carbons (Fsp3) is 0.143. The van der Waals surface area contributed by atoms with Gasteiger partial charge in [0.25, 0.3) is 5.91 Å². The zero-order chi connectivity index (χ0) is 18.0. The third-order valence-corrected chi connectivity index (χ3v) is 3.91. The Morgan fingerprint density at radius 2 is 1.96 bits per heavy atom. The van der Waals surface area contributed by atoms with Crippen molar-refractivity contribution in [3.8, 4) is 11.4 Å². The van der Waals surface area contributed by atoms with Crippen LogP contribution < -0.4 is 10.1 Å². The molecular formula is C14H10F3N5O2S. The molecule has 0 saturated carbocycles. The maximum absolute atomic E-state index is 12.5. The van der Waals surface area contributed by atoms with Gasteiger partial charge in [0.15, 0.2) is 11.4 Å². The molecule has 0 unspecified atom stereocenters. The quantitative estimate of drug-likeness (QED) is 0.765. The molecule has 1 N–H and O–H groups in total. The summed E-state index contributed by atoms with van der Waals surface area (Å²) in [6, 6.07) is 8.96. The average molecular weight is 369 g/mol. The summed E-state index contributed by atoms with van der Waals surface area (Å²) >= 11 is 0.225. The van der Waals surface area contributed by atoms with E-state index < -0.39 is 17.1 Å². The first-order valence-electron chi connectivity index (χ1n) is 6.79. The lowest BCUT2D eigenvalue weighted by Gasteiger charge is -2.00. The van der Waals surface area contributed by atoms with E-state index in [0.717, 1.165) is 0 Å². The molecule has 0 aliphatic carbocycles. The van der Waals surface area contributed by atoms with Crippen LogP contribution in [-0.4, -0.2) is 33.0 Å². The van der Waals surface area contributed by atoms with E-state index >= 15 is 0 Å². The molecular weight excluding hydrogens is 359 g/mol. The Labute approximate surface area is 143 Å². The predicted molar refractivity (Wildman–Crippen MR) is 83.0 cm³/mol. The van der Waals surface area contributed by atoms with Gasteiger partial charge in [0, 0.05) is 0 Å². The van der Waals surface area contributed by atoms with Crippen molar-refractivity contribution in [1.82, 2.24) is 20.0 Å². The van der Waals surface area contributed by atoms with Gasteiger partial charge >= 0.3 is 6.18 Å². The molecule has 0 aliphatic rings. The summed E-state index contributed by atoms with van der Waals surface area (Å²) < 4.78 is 44.1. The van der Waals surface area contributed by atoms with E-state index in [1.165, 1.54) is 18.0 Å². The SMILES string of the molecule is COc1cn(-c2ccccc2)nc1C(=O)Nc1nnc(C(F)(F)F)s1. The number of hydrogen-bond acceptors (Lipinski definition) is 6. The van der Waals surface area contributed by atoms with Crippen LogP contribution in [0.5, 0.6) is 5.75 Å². The van der Waals surface area contributed by atoms with Crippen molar-refractivity contribution < 1.29 is 22.7 Å². The van der Waals surface area contributed by atoms with Gasteiger partial charge in [-0.2, -0.15) is 18.3 Å². The molecule has 2 heterocycles. The second kappa shape index (κ2) is 6.51. The Morgan fingerprint density at radius 3 is 2.56 bits per heavy atom. The van der Waals surface area contributed by atoms with E-state index in [0.29, 0.717) is 5.69 Å². The Kier molecular flexibility index (Phi) is 4.40. The van der Waals surface area contributed by atoms with Crippen LogP contribution in [0, 0.1) is 0 Å².